The monoisotopic (exact) mass is 361 g/mol. The number of hydrogen-bond donors (Lipinski definition) is 2. The van der Waals surface area contributed by atoms with Crippen molar-refractivity contribution in [3.63, 3.8) is 0 Å². The van der Waals surface area contributed by atoms with E-state index < -0.39 is 10.9 Å². The van der Waals surface area contributed by atoms with Crippen LogP contribution in [0.25, 0.3) is 0 Å². The normalized spacial score (nSPS) is 21.9. The number of hydrogen-bond acceptors (Lipinski definition) is 5. The lowest BCUT2D eigenvalue weighted by molar-refractivity contribution is -0.385. The molecule has 0 saturated heterocycles. The first-order valence-electron chi connectivity index (χ1n) is 8.85. The number of aliphatic carboxylic acids is 1. The maximum Gasteiger partial charge on any atom is 0.317 e. The lowest BCUT2D eigenvalue weighted by atomic mass is 9.85. The van der Waals surface area contributed by atoms with Gasteiger partial charge in [-0.15, -0.1) is 0 Å². The van der Waals surface area contributed by atoms with Crippen LogP contribution < -0.4 is 5.32 Å². The van der Waals surface area contributed by atoms with E-state index >= 15 is 0 Å². The van der Waals surface area contributed by atoms with Crippen molar-refractivity contribution in [1.82, 2.24) is 10.2 Å². The number of benzene rings is 1. The molecule has 1 aromatic rings. The van der Waals surface area contributed by atoms with E-state index in [1.54, 1.807) is 6.92 Å². The molecule has 2 N–H and O–H groups in total. The summed E-state index contributed by atoms with van der Waals surface area (Å²) in [5.74, 6) is -0.455. The van der Waals surface area contributed by atoms with Crippen molar-refractivity contribution in [3.8, 4) is 0 Å². The lowest BCUT2D eigenvalue weighted by Gasteiger charge is -2.42. The van der Waals surface area contributed by atoms with Crippen LogP contribution in [0, 0.1) is 23.0 Å². The van der Waals surface area contributed by atoms with Gasteiger partial charge in [-0.1, -0.05) is 0 Å². The summed E-state index contributed by atoms with van der Waals surface area (Å²) in [5.41, 5.74) is 0.845. The van der Waals surface area contributed by atoms with E-state index in [4.69, 9.17) is 5.11 Å². The average molecular weight is 361 g/mol. The highest BCUT2D eigenvalue weighted by molar-refractivity contribution is 5.95. The quantitative estimate of drug-likeness (QED) is 0.541. The average Bonchev–Trinajstić information content (AvgIpc) is 3.32. The number of nitrogens with one attached hydrogen (secondary N) is 1. The van der Waals surface area contributed by atoms with Crippen LogP contribution in [0.4, 0.5) is 5.69 Å². The minimum Gasteiger partial charge on any atom is -0.480 e. The van der Waals surface area contributed by atoms with Gasteiger partial charge >= 0.3 is 5.97 Å². The third-order valence-electron chi connectivity index (χ3n) is 5.15. The molecule has 0 aromatic heterocycles. The van der Waals surface area contributed by atoms with Crippen molar-refractivity contribution in [3.05, 3.63) is 39.4 Å². The zero-order valence-electron chi connectivity index (χ0n) is 14.7. The fourth-order valence-corrected chi connectivity index (χ4v) is 3.42. The molecule has 8 heteroatoms. The lowest BCUT2D eigenvalue weighted by Crippen LogP contribution is -2.55. The molecule has 0 bridgehead atoms. The van der Waals surface area contributed by atoms with Crippen LogP contribution in [0.2, 0.25) is 0 Å². The second-order valence-electron chi connectivity index (χ2n) is 7.32. The van der Waals surface area contributed by atoms with Gasteiger partial charge in [-0.25, -0.2) is 0 Å². The van der Waals surface area contributed by atoms with Crippen LogP contribution in [0.15, 0.2) is 18.2 Å². The molecule has 8 nitrogen and oxygen atoms in total. The molecule has 0 aliphatic heterocycles. The molecule has 1 amide bonds. The standard InChI is InChI=1S/C18H23N3O5/c1-11-6-13(4-5-16(11)21(25)26)18(24)19-14-7-15(8-14)20(10-17(22)23)9-12-2-3-12/h4-6,12,14-15H,2-3,7-10H2,1H3,(H,19,24)(H,22,23). The van der Waals surface area contributed by atoms with Gasteiger partial charge in [0.25, 0.3) is 11.6 Å². The Morgan fingerprint density at radius 2 is 2.04 bits per heavy atom. The van der Waals surface area contributed by atoms with Gasteiger partial charge in [0.15, 0.2) is 0 Å². The Morgan fingerprint density at radius 1 is 1.35 bits per heavy atom. The van der Waals surface area contributed by atoms with Crippen LogP contribution >= 0.6 is 0 Å². The first-order valence-corrected chi connectivity index (χ1v) is 8.85. The molecule has 3 rings (SSSR count). The van der Waals surface area contributed by atoms with Crippen molar-refractivity contribution < 1.29 is 19.6 Å². The summed E-state index contributed by atoms with van der Waals surface area (Å²) in [7, 11) is 0. The van der Waals surface area contributed by atoms with E-state index in [1.165, 1.54) is 31.0 Å². The Balaban J connectivity index is 1.52. The minimum absolute atomic E-state index is 0.00496. The van der Waals surface area contributed by atoms with Crippen molar-refractivity contribution in [2.75, 3.05) is 13.1 Å². The van der Waals surface area contributed by atoms with Crippen molar-refractivity contribution in [2.24, 2.45) is 5.92 Å². The summed E-state index contributed by atoms with van der Waals surface area (Å²) in [4.78, 5) is 35.8. The van der Waals surface area contributed by atoms with Gasteiger partial charge in [0, 0.05) is 35.8 Å². The van der Waals surface area contributed by atoms with E-state index in [-0.39, 0.29) is 30.2 Å². The molecule has 26 heavy (non-hydrogen) atoms. The van der Waals surface area contributed by atoms with Crippen LogP contribution in [0.3, 0.4) is 0 Å². The molecule has 0 radical (unpaired) electrons. The smallest absolute Gasteiger partial charge is 0.317 e. The van der Waals surface area contributed by atoms with E-state index in [0.717, 1.165) is 19.4 Å². The zero-order valence-corrected chi connectivity index (χ0v) is 14.7. The van der Waals surface area contributed by atoms with Crippen LogP contribution in [0.5, 0.6) is 0 Å². The van der Waals surface area contributed by atoms with E-state index in [9.17, 15) is 19.7 Å². The summed E-state index contributed by atoms with van der Waals surface area (Å²) in [6, 6.07) is 4.53. The maximum absolute atomic E-state index is 12.3. The third-order valence-corrected chi connectivity index (χ3v) is 5.15. The van der Waals surface area contributed by atoms with Crippen LogP contribution in [-0.2, 0) is 4.79 Å². The SMILES string of the molecule is Cc1cc(C(=O)NC2CC(N(CC(=O)O)CC3CC3)C2)ccc1[N+](=O)[O-]. The van der Waals surface area contributed by atoms with Crippen LogP contribution in [-0.4, -0.2) is 52.0 Å². The van der Waals surface area contributed by atoms with Gasteiger partial charge in [-0.2, -0.15) is 0 Å². The summed E-state index contributed by atoms with van der Waals surface area (Å²) < 4.78 is 0. The second-order valence-corrected chi connectivity index (χ2v) is 7.32. The third kappa shape index (κ3) is 4.37. The molecule has 0 atom stereocenters. The minimum atomic E-state index is -0.820. The Kier molecular flexibility index (Phi) is 5.22. The fourth-order valence-electron chi connectivity index (χ4n) is 3.42. The molecular weight excluding hydrogens is 338 g/mol. The number of carbonyl (C=O) groups excluding carboxylic acids is 1. The largest absolute Gasteiger partial charge is 0.480 e. The summed E-state index contributed by atoms with van der Waals surface area (Å²) in [6.07, 6.45) is 3.81. The van der Waals surface area contributed by atoms with Crippen molar-refractivity contribution in [1.29, 1.82) is 0 Å². The maximum atomic E-state index is 12.3. The second kappa shape index (κ2) is 7.41. The molecule has 0 spiro atoms. The summed E-state index contributed by atoms with van der Waals surface area (Å²) >= 11 is 0. The molecular formula is C18H23N3O5. The number of amides is 1. The van der Waals surface area contributed by atoms with Gasteiger partial charge in [-0.3, -0.25) is 24.6 Å². The van der Waals surface area contributed by atoms with Crippen molar-refractivity contribution >= 4 is 17.6 Å². The molecule has 140 valence electrons. The van der Waals surface area contributed by atoms with Gasteiger partial charge in [0.2, 0.25) is 0 Å². The van der Waals surface area contributed by atoms with Crippen LogP contribution in [0.1, 0.15) is 41.6 Å². The Bertz CT molecular complexity index is 726. The highest BCUT2D eigenvalue weighted by Gasteiger charge is 2.37. The summed E-state index contributed by atoms with van der Waals surface area (Å²) in [5, 5.41) is 22.9. The van der Waals surface area contributed by atoms with Gasteiger partial charge in [-0.05, 0) is 50.7 Å². The topological polar surface area (TPSA) is 113 Å². The molecule has 0 unspecified atom stereocenters. The first-order chi connectivity index (χ1) is 12.3. The van der Waals surface area contributed by atoms with E-state index in [0.29, 0.717) is 17.0 Å². The number of nitrogens with zero attached hydrogens (tertiary/aromatic N) is 2. The number of carboxylic acid groups (broad SMARTS) is 1. The van der Waals surface area contributed by atoms with Crippen molar-refractivity contribution in [2.45, 2.75) is 44.7 Å². The molecule has 1 aromatic carbocycles. The van der Waals surface area contributed by atoms with Gasteiger partial charge in [0.1, 0.15) is 0 Å². The predicted molar refractivity (Wildman–Crippen MR) is 94.0 cm³/mol. The number of nitro benzene ring substituents is 1. The number of carboxylic acids is 1. The number of nitro groups is 1. The predicted octanol–water partition coefficient (Wildman–Crippen LogP) is 1.96. The Labute approximate surface area is 151 Å². The number of carbonyl (C=O) groups is 2. The fraction of sp³-hybridized carbons (Fsp3) is 0.556. The van der Waals surface area contributed by atoms with E-state index in [1.807, 2.05) is 4.90 Å². The molecule has 0 heterocycles. The zero-order chi connectivity index (χ0) is 18.8. The summed E-state index contributed by atoms with van der Waals surface area (Å²) in [6.45, 7) is 2.47. The highest BCUT2D eigenvalue weighted by atomic mass is 16.6. The van der Waals surface area contributed by atoms with Gasteiger partial charge < -0.3 is 10.4 Å². The number of rotatable bonds is 8. The number of aryl methyl sites for hydroxylation is 1. The molecule has 2 saturated carbocycles. The first kappa shape index (κ1) is 18.3. The highest BCUT2D eigenvalue weighted by Crippen LogP contribution is 2.33. The molecule has 2 aliphatic carbocycles. The molecule has 2 aliphatic rings. The Hall–Kier alpha value is -2.48. The Morgan fingerprint density at radius 3 is 2.58 bits per heavy atom. The van der Waals surface area contributed by atoms with Gasteiger partial charge in [0.05, 0.1) is 11.5 Å². The molecule has 2 fully saturated rings. The van der Waals surface area contributed by atoms with E-state index in [2.05, 4.69) is 5.32 Å².